The van der Waals surface area contributed by atoms with Crippen molar-refractivity contribution in [2.24, 2.45) is 5.10 Å². The summed E-state index contributed by atoms with van der Waals surface area (Å²) in [7, 11) is 0. The predicted octanol–water partition coefficient (Wildman–Crippen LogP) is 1.82. The van der Waals surface area contributed by atoms with Crippen molar-refractivity contribution in [3.63, 3.8) is 0 Å². The smallest absolute Gasteiger partial charge is 0.264 e. The van der Waals surface area contributed by atoms with Crippen molar-refractivity contribution in [3.05, 3.63) is 30.1 Å². The number of rotatable bonds is 3. The molecule has 0 aromatic carbocycles. The van der Waals surface area contributed by atoms with E-state index in [0.717, 1.165) is 5.56 Å². The van der Waals surface area contributed by atoms with E-state index >= 15 is 0 Å². The van der Waals surface area contributed by atoms with Gasteiger partial charge in [-0.2, -0.15) is 0 Å². The van der Waals surface area contributed by atoms with Gasteiger partial charge in [-0.1, -0.05) is 0 Å². The van der Waals surface area contributed by atoms with Crippen LogP contribution in [0.1, 0.15) is 33.3 Å². The lowest BCUT2D eigenvalue weighted by atomic mass is 10.2. The van der Waals surface area contributed by atoms with Gasteiger partial charge in [0.15, 0.2) is 0 Å². The van der Waals surface area contributed by atoms with Gasteiger partial charge in [0.2, 0.25) is 5.84 Å². The van der Waals surface area contributed by atoms with Gasteiger partial charge in [-0.25, -0.2) is 14.8 Å². The average Bonchev–Trinajstić information content (AvgIpc) is 2.39. The normalized spacial score (nSPS) is 15.9. The molecule has 1 radical (unpaired) electrons. The van der Waals surface area contributed by atoms with E-state index in [4.69, 9.17) is 0 Å². The largest absolute Gasteiger partial charge is 0.361 e. The predicted molar refractivity (Wildman–Crippen MR) is 72.3 cm³/mol. The number of aromatic nitrogens is 1. The Morgan fingerprint density at radius 3 is 2.32 bits per heavy atom. The van der Waals surface area contributed by atoms with E-state index in [-0.39, 0.29) is 18.1 Å². The van der Waals surface area contributed by atoms with Gasteiger partial charge in [-0.15, -0.1) is 10.5 Å². The maximum Gasteiger partial charge on any atom is 0.361 e. The highest BCUT2D eigenvalue weighted by Crippen LogP contribution is 2.15. The van der Waals surface area contributed by atoms with Crippen LogP contribution in [0.25, 0.3) is 0 Å². The minimum absolute atomic E-state index is 0.0177. The number of pyridine rings is 1. The Morgan fingerprint density at radius 2 is 1.79 bits per heavy atom. The van der Waals surface area contributed by atoms with Gasteiger partial charge in [-0.3, -0.25) is 4.98 Å². The third-order valence-corrected chi connectivity index (χ3v) is 2.69. The molecule has 19 heavy (non-hydrogen) atoms. The van der Waals surface area contributed by atoms with Gasteiger partial charge in [0.05, 0.1) is 12.1 Å². The Labute approximate surface area is 113 Å². The zero-order valence-electron chi connectivity index (χ0n) is 11.6. The second-order valence-electron chi connectivity index (χ2n) is 4.92. The lowest BCUT2D eigenvalue weighted by Gasteiger charge is -2.35. The minimum Gasteiger partial charge on any atom is -0.264 e. The van der Waals surface area contributed by atoms with Crippen molar-refractivity contribution < 1.29 is 4.79 Å². The molecule has 0 saturated heterocycles. The number of hydrazone groups is 1. The van der Waals surface area contributed by atoms with Crippen LogP contribution in [0.5, 0.6) is 0 Å². The zero-order chi connectivity index (χ0) is 14.0. The van der Waals surface area contributed by atoms with Gasteiger partial charge in [0, 0.05) is 18.0 Å². The molecule has 2 rings (SSSR count). The molecule has 1 aromatic rings. The van der Waals surface area contributed by atoms with Crippen molar-refractivity contribution in [3.8, 4) is 0 Å². The average molecular weight is 260 g/mol. The van der Waals surface area contributed by atoms with E-state index in [1.54, 1.807) is 12.4 Å². The van der Waals surface area contributed by atoms with Crippen LogP contribution in [-0.2, 0) is 0 Å². The molecule has 101 valence electrons. The summed E-state index contributed by atoms with van der Waals surface area (Å²) in [5, 5.41) is 7.22. The number of nitrogens with zero attached hydrogens (tertiary/aromatic N) is 5. The number of carbonyl (C=O) groups is 1. The second-order valence-corrected chi connectivity index (χ2v) is 4.92. The first kappa shape index (κ1) is 13.3. The molecule has 2 heterocycles. The van der Waals surface area contributed by atoms with E-state index in [9.17, 15) is 4.79 Å². The first-order valence-corrected chi connectivity index (χ1v) is 6.33. The number of hydrogen-bond donors (Lipinski definition) is 0. The Hall–Kier alpha value is -2.11. The lowest BCUT2D eigenvalue weighted by Crippen LogP contribution is -2.56. The van der Waals surface area contributed by atoms with Gasteiger partial charge in [-0.05, 0) is 39.8 Å². The minimum atomic E-state index is -0.197. The van der Waals surface area contributed by atoms with Crippen LogP contribution in [0.2, 0.25) is 0 Å². The van der Waals surface area contributed by atoms with E-state index in [1.807, 2.05) is 39.8 Å². The van der Waals surface area contributed by atoms with E-state index < -0.39 is 0 Å². The van der Waals surface area contributed by atoms with Crippen LogP contribution in [0.4, 0.5) is 4.79 Å². The Morgan fingerprint density at radius 1 is 1.11 bits per heavy atom. The maximum atomic E-state index is 12.2. The monoisotopic (exact) mass is 260 g/mol. The standard InChI is InChI=1S/C13H18N5O/c1-9(2)17-13(19)18(10(3)4)16-12(15-17)11-6-5-7-14-8-11/h5-10H,1-4H3. The summed E-state index contributed by atoms with van der Waals surface area (Å²) in [5.41, 5.74) is 5.11. The summed E-state index contributed by atoms with van der Waals surface area (Å²) in [5.74, 6) is 0.509. The molecule has 0 atom stereocenters. The molecular weight excluding hydrogens is 242 g/mol. The summed E-state index contributed by atoms with van der Waals surface area (Å²) in [6.07, 6.45) is 3.38. The van der Waals surface area contributed by atoms with Crippen LogP contribution in [0, 0.1) is 0 Å². The highest BCUT2D eigenvalue weighted by Gasteiger charge is 2.33. The Balaban J connectivity index is 2.38. The van der Waals surface area contributed by atoms with Gasteiger partial charge in [0.25, 0.3) is 0 Å². The van der Waals surface area contributed by atoms with Crippen LogP contribution in [0.15, 0.2) is 29.6 Å². The number of urea groups is 1. The molecule has 0 saturated carbocycles. The van der Waals surface area contributed by atoms with Crippen molar-refractivity contribution in [1.82, 2.24) is 20.4 Å². The molecule has 1 aliphatic heterocycles. The molecular formula is C13H18N5O. The molecule has 1 aromatic heterocycles. The quantitative estimate of drug-likeness (QED) is 0.832. The molecule has 0 unspecified atom stereocenters. The summed E-state index contributed by atoms with van der Waals surface area (Å²) >= 11 is 0. The molecule has 0 fully saturated rings. The van der Waals surface area contributed by atoms with Crippen LogP contribution < -0.4 is 5.43 Å². The van der Waals surface area contributed by atoms with Gasteiger partial charge < -0.3 is 0 Å². The molecule has 0 N–H and O–H groups in total. The summed E-state index contributed by atoms with van der Waals surface area (Å²) < 4.78 is 0. The number of hydrogen-bond acceptors (Lipinski definition) is 3. The second kappa shape index (κ2) is 5.26. The van der Waals surface area contributed by atoms with E-state index in [0.29, 0.717) is 5.84 Å². The van der Waals surface area contributed by atoms with Crippen LogP contribution >= 0.6 is 0 Å². The van der Waals surface area contributed by atoms with Crippen LogP contribution in [0.3, 0.4) is 0 Å². The van der Waals surface area contributed by atoms with Gasteiger partial charge in [0.1, 0.15) is 0 Å². The Kier molecular flexibility index (Phi) is 3.69. The Bertz CT molecular complexity index is 483. The number of amidine groups is 1. The highest BCUT2D eigenvalue weighted by atomic mass is 16.2. The molecule has 2 amide bonds. The lowest BCUT2D eigenvalue weighted by molar-refractivity contribution is 0.104. The first-order chi connectivity index (χ1) is 9.00. The van der Waals surface area contributed by atoms with Crippen LogP contribution in [-0.4, -0.2) is 39.0 Å². The van der Waals surface area contributed by atoms with Gasteiger partial charge >= 0.3 is 6.03 Å². The third-order valence-electron chi connectivity index (χ3n) is 2.69. The fourth-order valence-electron chi connectivity index (χ4n) is 1.70. The van der Waals surface area contributed by atoms with Crippen molar-refractivity contribution in [1.29, 1.82) is 0 Å². The van der Waals surface area contributed by atoms with Crippen molar-refractivity contribution in [2.75, 3.05) is 0 Å². The summed E-state index contributed by atoms with van der Waals surface area (Å²) in [6, 6.07) is 3.47. The topological polar surface area (TPSA) is 62.9 Å². The molecule has 0 spiro atoms. The molecule has 1 aliphatic rings. The fraction of sp³-hybridized carbons (Fsp3) is 0.462. The highest BCUT2D eigenvalue weighted by molar-refractivity contribution is 6.01. The molecule has 6 heteroatoms. The van der Waals surface area contributed by atoms with E-state index in [1.165, 1.54) is 10.0 Å². The maximum absolute atomic E-state index is 12.2. The van der Waals surface area contributed by atoms with Crippen molar-refractivity contribution in [2.45, 2.75) is 39.8 Å². The van der Waals surface area contributed by atoms with Crippen molar-refractivity contribution >= 4 is 11.9 Å². The number of carbonyl (C=O) groups excluding carboxylic acids is 1. The number of amides is 2. The fourth-order valence-corrected chi connectivity index (χ4v) is 1.70. The molecule has 0 aliphatic carbocycles. The van der Waals surface area contributed by atoms with E-state index in [2.05, 4.69) is 15.5 Å². The zero-order valence-corrected chi connectivity index (χ0v) is 11.6. The third kappa shape index (κ3) is 2.67. The summed E-state index contributed by atoms with van der Waals surface area (Å²) in [4.78, 5) is 16.3. The molecule has 6 nitrogen and oxygen atoms in total. The SMILES string of the molecule is CC(C)N1[N]C(c2cccnc2)=NN(C(C)C)C1=O. The first-order valence-electron chi connectivity index (χ1n) is 6.33. The molecule has 0 bridgehead atoms. The summed E-state index contributed by atoms with van der Waals surface area (Å²) in [6.45, 7) is 7.69.